The van der Waals surface area contributed by atoms with Crippen molar-refractivity contribution < 1.29 is 34.4 Å². The second-order valence-corrected chi connectivity index (χ2v) is 30.1. The molecule has 4 aromatic rings. The lowest BCUT2D eigenvalue weighted by atomic mass is 9.44. The molecule has 0 radical (unpaired) electrons. The molecular formula is C80H96N4O7. The number of ether oxygens (including phenoxy) is 2. The molecule has 7 aliphatic carbocycles. The van der Waals surface area contributed by atoms with Crippen molar-refractivity contribution in [1.29, 1.82) is 0 Å². The second kappa shape index (κ2) is 25.0. The lowest BCUT2D eigenvalue weighted by Crippen LogP contribution is -2.52. The number of hydrogen-bond donors (Lipinski definition) is 7. The number of esters is 2. The van der Waals surface area contributed by atoms with Crippen LogP contribution in [0.3, 0.4) is 0 Å². The van der Waals surface area contributed by atoms with Gasteiger partial charge >= 0.3 is 11.9 Å². The SMILES string of the molecule is CC[C@H](/C=C1\OC(=O)C2=C3c4cc(O)ccc4-c4cccc(c4)CNCCc4cccc(c4)[C@H]4NC[C@](O)(C5CCCC5)CC#C[C@@H](C5(O)CCCCC5)C[C@@H]5C[C@@]([C@@H]6CCN[C@H](NC)C6)(CC=C6OC(=O)C7=C6CC[C@H]6[C@H]3CC[C@@]21[C@@H]76)C[C@@H]54)Cc1ccccc1. The van der Waals surface area contributed by atoms with E-state index in [1.807, 2.05) is 12.1 Å². The molecule has 0 amide bonds. The van der Waals surface area contributed by atoms with E-state index in [9.17, 15) is 15.3 Å². The summed E-state index contributed by atoms with van der Waals surface area (Å²) < 4.78 is 13.7. The van der Waals surface area contributed by atoms with Gasteiger partial charge in [0.25, 0.3) is 0 Å². The van der Waals surface area contributed by atoms with E-state index in [1.54, 1.807) is 6.07 Å². The first-order valence-electron chi connectivity index (χ1n) is 35.5. The molecule has 11 nitrogen and oxygen atoms in total. The van der Waals surface area contributed by atoms with Gasteiger partial charge in [0.1, 0.15) is 17.3 Å². The predicted octanol–water partition coefficient (Wildman–Crippen LogP) is 13.7. The molecule has 91 heavy (non-hydrogen) atoms. The maximum absolute atomic E-state index is 15.6. The molecule has 0 aromatic heterocycles. The Hall–Kier alpha value is -6.10. The summed E-state index contributed by atoms with van der Waals surface area (Å²) in [4.78, 5) is 31.1. The van der Waals surface area contributed by atoms with E-state index in [0.29, 0.717) is 55.4 Å². The van der Waals surface area contributed by atoms with E-state index in [4.69, 9.17) is 9.47 Å². The van der Waals surface area contributed by atoms with Crippen molar-refractivity contribution in [3.8, 4) is 28.7 Å². The highest BCUT2D eigenvalue weighted by Gasteiger charge is 2.69. The van der Waals surface area contributed by atoms with Crippen LogP contribution in [-0.2, 0) is 38.4 Å². The van der Waals surface area contributed by atoms with Crippen LogP contribution in [0.2, 0.25) is 0 Å². The van der Waals surface area contributed by atoms with E-state index < -0.39 is 16.6 Å². The molecule has 7 N–H and O–H groups in total. The van der Waals surface area contributed by atoms with Crippen LogP contribution in [0.4, 0.5) is 0 Å². The molecule has 1 spiro atoms. The number of aliphatic hydroxyl groups is 2. The minimum Gasteiger partial charge on any atom is -0.508 e. The molecule has 6 aliphatic heterocycles. The minimum absolute atomic E-state index is 0.0110. The summed E-state index contributed by atoms with van der Waals surface area (Å²) in [5, 5.41) is 53.3. The third kappa shape index (κ3) is 11.1. The molecule has 2 saturated heterocycles. The minimum atomic E-state index is -1.01. The summed E-state index contributed by atoms with van der Waals surface area (Å²) in [7, 11) is 2.07. The van der Waals surface area contributed by atoms with Gasteiger partial charge in [-0.2, -0.15) is 0 Å². The van der Waals surface area contributed by atoms with Crippen LogP contribution in [-0.4, -0.2) is 71.3 Å². The number of hydrogen-bond acceptors (Lipinski definition) is 11. The maximum Gasteiger partial charge on any atom is 0.340 e. The summed E-state index contributed by atoms with van der Waals surface area (Å²) in [6.07, 6.45) is 24.8. The average molecular weight is 1230 g/mol. The summed E-state index contributed by atoms with van der Waals surface area (Å²) >= 11 is 0. The number of aromatic hydroxyl groups is 1. The number of piperidine rings is 1. The highest BCUT2D eigenvalue weighted by molar-refractivity contribution is 6.07. The molecule has 6 heterocycles. The number of rotatable bonds is 8. The van der Waals surface area contributed by atoms with Gasteiger partial charge in [0.2, 0.25) is 0 Å². The van der Waals surface area contributed by atoms with Gasteiger partial charge in [-0.25, -0.2) is 9.59 Å². The topological polar surface area (TPSA) is 161 Å². The normalized spacial score (nSPS) is 34.7. The smallest absolute Gasteiger partial charge is 0.340 e. The molecule has 4 saturated carbocycles. The first-order chi connectivity index (χ1) is 44.4. The fourth-order valence-corrected chi connectivity index (χ4v) is 20.8. The van der Waals surface area contributed by atoms with Gasteiger partial charge in [0.15, 0.2) is 0 Å². The molecule has 14 bridgehead atoms. The standard InChI is InChI=1S/C80H96N4O7/c1-3-50(39-51-15-6-4-7-16-51)42-68-80-36-28-62-63-26-27-64-67(90-75(86)71(64)72(63)80)29-35-77(58-31-38-83-69(44-58)81-2)46-56-43-59(78(88)32-10-5-11-33-78)23-14-34-79(89,57-21-8-9-22-57)49-84-74(66(56)47-77)55-20-12-17-52(40-55)30-37-82-48-53-18-13-19-54(41-53)61-25-24-60(85)45-65(61)70(62)73(80)76(87)91-68/h4,6-7,12-13,15-20,24-25,29,40-42,45,50,56-59,62-63,66,69,72,74,81-85,88-89H,3,5,8-11,21-22,26-28,30-39,43-44,46-49H2,1-2H3/b67-29?,68-42-/t50-,56+,58+,59+,62+,63-,66-,69-,72+,74+,77-,79-,80+/m0/s1. The Morgan fingerprint density at radius 2 is 1.58 bits per heavy atom. The Balaban J connectivity index is 0.907. The number of carbonyl (C=O) groups is 2. The van der Waals surface area contributed by atoms with Crippen LogP contribution in [0.5, 0.6) is 5.75 Å². The zero-order chi connectivity index (χ0) is 62.1. The van der Waals surface area contributed by atoms with Crippen LogP contribution in [0.1, 0.15) is 176 Å². The van der Waals surface area contributed by atoms with E-state index in [0.717, 1.165) is 180 Å². The van der Waals surface area contributed by atoms with Gasteiger partial charge in [0, 0.05) is 48.5 Å². The molecule has 4 aromatic carbocycles. The van der Waals surface area contributed by atoms with Crippen molar-refractivity contribution in [2.24, 2.45) is 64.1 Å². The number of β-amino-alcohol motifs (C(OH)–C–C–N with tert-alkyl or cyclic N) is 1. The molecule has 0 unspecified atom stereocenters. The largest absolute Gasteiger partial charge is 0.508 e. The Morgan fingerprint density at radius 1 is 0.747 bits per heavy atom. The Bertz CT molecular complexity index is 3640. The van der Waals surface area contributed by atoms with Gasteiger partial charge < -0.3 is 46.1 Å². The molecule has 13 aliphatic rings. The number of carbonyl (C=O) groups excluding carboxylic acids is 2. The monoisotopic (exact) mass is 1220 g/mol. The Kier molecular flexibility index (Phi) is 16.8. The number of benzene rings is 4. The van der Waals surface area contributed by atoms with E-state index in [1.165, 1.54) is 16.7 Å². The van der Waals surface area contributed by atoms with Crippen LogP contribution >= 0.6 is 0 Å². The molecule has 17 rings (SSSR count). The molecule has 478 valence electrons. The molecule has 6 fully saturated rings. The lowest BCUT2D eigenvalue weighted by molar-refractivity contribution is -0.135. The molecular weight excluding hydrogens is 1130 g/mol. The fourth-order valence-electron chi connectivity index (χ4n) is 20.8. The first-order valence-corrected chi connectivity index (χ1v) is 35.5. The lowest BCUT2D eigenvalue weighted by Gasteiger charge is -2.56. The summed E-state index contributed by atoms with van der Waals surface area (Å²) in [5.41, 5.74) is 8.03. The zero-order valence-corrected chi connectivity index (χ0v) is 53.8. The summed E-state index contributed by atoms with van der Waals surface area (Å²) in [6, 6.07) is 34.2. The number of allylic oxidation sites excluding steroid dienone is 5. The van der Waals surface area contributed by atoms with Crippen molar-refractivity contribution in [2.75, 3.05) is 26.7 Å². The number of phenolic OH excluding ortho intramolecular Hbond substituents is 1. The van der Waals surface area contributed by atoms with Gasteiger partial charge in [-0.1, -0.05) is 130 Å². The van der Waals surface area contributed by atoms with E-state index in [2.05, 4.69) is 138 Å². The fraction of sp³-hybridized carbons (Fsp3) is 0.550. The van der Waals surface area contributed by atoms with Gasteiger partial charge in [-0.3, -0.25) is 0 Å². The third-order valence-corrected chi connectivity index (χ3v) is 25.3. The van der Waals surface area contributed by atoms with E-state index >= 15 is 9.59 Å². The number of fused-ring (bicyclic) bond motifs is 5. The van der Waals surface area contributed by atoms with E-state index in [-0.39, 0.29) is 82.7 Å². The van der Waals surface area contributed by atoms with Crippen LogP contribution in [0.25, 0.3) is 16.7 Å². The number of phenols is 1. The Morgan fingerprint density at radius 3 is 2.42 bits per heavy atom. The summed E-state index contributed by atoms with van der Waals surface area (Å²) in [5.74, 6) is 8.63. The van der Waals surface area contributed by atoms with Crippen LogP contribution in [0.15, 0.2) is 137 Å². The van der Waals surface area contributed by atoms with Gasteiger partial charge in [-0.05, 0) is 251 Å². The van der Waals surface area contributed by atoms with Gasteiger partial charge in [-0.15, -0.1) is 0 Å². The third-order valence-electron chi connectivity index (χ3n) is 25.3. The van der Waals surface area contributed by atoms with Gasteiger partial charge in [0.05, 0.1) is 28.4 Å². The van der Waals surface area contributed by atoms with Crippen molar-refractivity contribution in [2.45, 2.75) is 185 Å². The van der Waals surface area contributed by atoms with Crippen molar-refractivity contribution in [1.82, 2.24) is 21.3 Å². The zero-order valence-electron chi connectivity index (χ0n) is 53.8. The van der Waals surface area contributed by atoms with Crippen LogP contribution in [0, 0.1) is 75.9 Å². The highest BCUT2D eigenvalue weighted by Crippen LogP contribution is 2.73. The second-order valence-electron chi connectivity index (χ2n) is 30.1. The summed E-state index contributed by atoms with van der Waals surface area (Å²) in [6.45, 7) is 4.99. The molecule has 13 atom stereocenters. The van der Waals surface area contributed by atoms with Crippen LogP contribution < -0.4 is 21.3 Å². The number of cyclic esters (lactones) is 1. The predicted molar refractivity (Wildman–Crippen MR) is 356 cm³/mol. The van der Waals surface area contributed by atoms with Crippen molar-refractivity contribution in [3.05, 3.63) is 165 Å². The maximum atomic E-state index is 15.6. The average Bonchev–Trinajstić information content (AvgIpc) is 1.61. The molecule has 11 heteroatoms. The highest BCUT2D eigenvalue weighted by atomic mass is 16.6. The van der Waals surface area contributed by atoms with Crippen molar-refractivity contribution in [3.63, 3.8) is 0 Å². The quantitative estimate of drug-likeness (QED) is 0.0664. The Labute approximate surface area is 539 Å². The number of nitrogens with one attached hydrogen (secondary N) is 4. The van der Waals surface area contributed by atoms with Crippen molar-refractivity contribution >= 4 is 17.5 Å². The first kappa shape index (κ1) is 61.1.